The van der Waals surface area contributed by atoms with Crippen molar-refractivity contribution in [2.75, 3.05) is 6.61 Å². The van der Waals surface area contributed by atoms with Crippen molar-refractivity contribution in [3.05, 3.63) is 54.2 Å². The number of amides is 1. The summed E-state index contributed by atoms with van der Waals surface area (Å²) in [7, 11) is 0. The van der Waals surface area contributed by atoms with E-state index < -0.39 is 5.91 Å². The largest absolute Gasteiger partial charge is 0.394 e. The standard InChI is InChI=1S/C17H20N4O2/c1-12-8-13-4-2-3-5-16(13)21(12)7-6-14(10-22)20-9-15(17(18)23)19-11-20/h2-5,8-9,11,14,22H,6-7,10H2,1H3,(H2,18,23). The van der Waals surface area contributed by atoms with Crippen LogP contribution in [-0.2, 0) is 6.54 Å². The van der Waals surface area contributed by atoms with Crippen molar-refractivity contribution in [3.63, 3.8) is 0 Å². The van der Waals surface area contributed by atoms with E-state index >= 15 is 0 Å². The van der Waals surface area contributed by atoms with Gasteiger partial charge in [0.15, 0.2) is 0 Å². The Bertz CT molecular complexity index is 834. The molecule has 0 radical (unpaired) electrons. The Morgan fingerprint density at radius 1 is 1.39 bits per heavy atom. The van der Waals surface area contributed by atoms with Crippen LogP contribution in [0.2, 0.25) is 0 Å². The summed E-state index contributed by atoms with van der Waals surface area (Å²) < 4.78 is 3.99. The topological polar surface area (TPSA) is 86.1 Å². The normalized spacial score (nSPS) is 12.6. The fourth-order valence-electron chi connectivity index (χ4n) is 2.92. The molecule has 23 heavy (non-hydrogen) atoms. The molecule has 1 aromatic carbocycles. The second-order valence-electron chi connectivity index (χ2n) is 5.69. The van der Waals surface area contributed by atoms with Gasteiger partial charge in [-0.25, -0.2) is 4.98 Å². The Balaban J connectivity index is 1.79. The lowest BCUT2D eigenvalue weighted by Crippen LogP contribution is -2.16. The number of carbonyl (C=O) groups is 1. The van der Waals surface area contributed by atoms with Gasteiger partial charge in [-0.15, -0.1) is 0 Å². The molecule has 0 saturated carbocycles. The summed E-state index contributed by atoms with van der Waals surface area (Å²) in [6.45, 7) is 2.83. The van der Waals surface area contributed by atoms with E-state index in [-0.39, 0.29) is 18.3 Å². The molecular weight excluding hydrogens is 292 g/mol. The van der Waals surface area contributed by atoms with Gasteiger partial charge in [0.2, 0.25) is 0 Å². The summed E-state index contributed by atoms with van der Waals surface area (Å²) in [4.78, 5) is 15.1. The van der Waals surface area contributed by atoms with Gasteiger partial charge < -0.3 is 20.0 Å². The third-order valence-corrected chi connectivity index (χ3v) is 4.19. The second kappa shape index (κ2) is 6.26. The molecule has 0 bridgehead atoms. The molecule has 0 aliphatic carbocycles. The lowest BCUT2D eigenvalue weighted by Gasteiger charge is -2.17. The number of nitrogens with zero attached hydrogens (tertiary/aromatic N) is 3. The van der Waals surface area contributed by atoms with Crippen molar-refractivity contribution < 1.29 is 9.90 Å². The number of primary amides is 1. The highest BCUT2D eigenvalue weighted by Crippen LogP contribution is 2.21. The van der Waals surface area contributed by atoms with Crippen molar-refractivity contribution in [1.82, 2.24) is 14.1 Å². The first-order chi connectivity index (χ1) is 11.1. The molecular formula is C17H20N4O2. The molecule has 6 nitrogen and oxygen atoms in total. The molecule has 0 aliphatic heterocycles. The Kier molecular flexibility index (Phi) is 4.16. The van der Waals surface area contributed by atoms with Crippen LogP contribution in [0.15, 0.2) is 42.9 Å². The highest BCUT2D eigenvalue weighted by Gasteiger charge is 2.14. The van der Waals surface area contributed by atoms with E-state index in [9.17, 15) is 9.90 Å². The van der Waals surface area contributed by atoms with E-state index in [4.69, 9.17) is 5.73 Å². The maximum atomic E-state index is 11.1. The zero-order valence-corrected chi connectivity index (χ0v) is 13.0. The molecule has 0 saturated heterocycles. The fraction of sp³-hybridized carbons (Fsp3) is 0.294. The Labute approximate surface area is 134 Å². The van der Waals surface area contributed by atoms with Crippen LogP contribution in [0.4, 0.5) is 0 Å². The third kappa shape index (κ3) is 2.98. The lowest BCUT2D eigenvalue weighted by molar-refractivity contribution is 0.0995. The van der Waals surface area contributed by atoms with E-state index in [1.807, 2.05) is 12.1 Å². The predicted molar refractivity (Wildman–Crippen MR) is 88.2 cm³/mol. The average Bonchev–Trinajstić information content (AvgIpc) is 3.13. The van der Waals surface area contributed by atoms with Gasteiger partial charge in [-0.3, -0.25) is 4.79 Å². The smallest absolute Gasteiger partial charge is 0.268 e. The number of hydrogen-bond acceptors (Lipinski definition) is 3. The molecule has 2 heterocycles. The highest BCUT2D eigenvalue weighted by molar-refractivity contribution is 5.90. The van der Waals surface area contributed by atoms with Crippen LogP contribution in [0.5, 0.6) is 0 Å². The first kappa shape index (κ1) is 15.3. The molecule has 0 aliphatic rings. The zero-order valence-electron chi connectivity index (χ0n) is 13.0. The van der Waals surface area contributed by atoms with Crippen LogP contribution in [-0.4, -0.2) is 31.7 Å². The average molecular weight is 312 g/mol. The summed E-state index contributed by atoms with van der Waals surface area (Å²) in [6.07, 6.45) is 3.86. The minimum absolute atomic E-state index is 0.0210. The summed E-state index contributed by atoms with van der Waals surface area (Å²) in [5.74, 6) is -0.562. The van der Waals surface area contributed by atoms with E-state index in [1.165, 1.54) is 16.6 Å². The van der Waals surface area contributed by atoms with Crippen molar-refractivity contribution in [2.45, 2.75) is 25.9 Å². The van der Waals surface area contributed by atoms with Crippen LogP contribution in [0.3, 0.4) is 0 Å². The monoisotopic (exact) mass is 312 g/mol. The highest BCUT2D eigenvalue weighted by atomic mass is 16.3. The maximum absolute atomic E-state index is 11.1. The molecule has 2 aromatic heterocycles. The van der Waals surface area contributed by atoms with Crippen LogP contribution in [0.25, 0.3) is 10.9 Å². The molecule has 1 atom stereocenters. The second-order valence-corrected chi connectivity index (χ2v) is 5.69. The summed E-state index contributed by atoms with van der Waals surface area (Å²) in [6, 6.07) is 10.3. The molecule has 1 amide bonds. The number of aromatic nitrogens is 3. The number of rotatable bonds is 6. The third-order valence-electron chi connectivity index (χ3n) is 4.19. The number of carbonyl (C=O) groups excluding carboxylic acids is 1. The van der Waals surface area contributed by atoms with Gasteiger partial charge in [-0.05, 0) is 30.9 Å². The van der Waals surface area contributed by atoms with E-state index in [0.29, 0.717) is 0 Å². The van der Waals surface area contributed by atoms with Gasteiger partial charge in [-0.2, -0.15) is 0 Å². The Morgan fingerprint density at radius 2 is 2.17 bits per heavy atom. The maximum Gasteiger partial charge on any atom is 0.268 e. The Morgan fingerprint density at radius 3 is 2.87 bits per heavy atom. The van der Waals surface area contributed by atoms with Gasteiger partial charge in [0.1, 0.15) is 5.69 Å². The summed E-state index contributed by atoms with van der Waals surface area (Å²) >= 11 is 0. The first-order valence-electron chi connectivity index (χ1n) is 7.59. The summed E-state index contributed by atoms with van der Waals surface area (Å²) in [5, 5.41) is 10.9. The number of hydrogen-bond donors (Lipinski definition) is 2. The molecule has 6 heteroatoms. The minimum Gasteiger partial charge on any atom is -0.394 e. The molecule has 0 fully saturated rings. The number of aryl methyl sites for hydroxylation is 2. The SMILES string of the molecule is Cc1cc2ccccc2n1CCC(CO)n1cnc(C(N)=O)c1. The lowest BCUT2D eigenvalue weighted by atomic mass is 10.2. The van der Waals surface area contributed by atoms with Crippen molar-refractivity contribution in [3.8, 4) is 0 Å². The summed E-state index contributed by atoms with van der Waals surface area (Å²) in [5.41, 5.74) is 7.81. The number of nitrogens with two attached hydrogens (primary N) is 1. The quantitative estimate of drug-likeness (QED) is 0.728. The van der Waals surface area contributed by atoms with Gasteiger partial charge in [0, 0.05) is 24.0 Å². The number of fused-ring (bicyclic) bond motifs is 1. The van der Waals surface area contributed by atoms with Crippen molar-refractivity contribution in [2.24, 2.45) is 5.73 Å². The van der Waals surface area contributed by atoms with Crippen LogP contribution >= 0.6 is 0 Å². The molecule has 3 aromatic rings. The van der Waals surface area contributed by atoms with Crippen LogP contribution in [0, 0.1) is 6.92 Å². The number of aliphatic hydroxyl groups excluding tert-OH is 1. The van der Waals surface area contributed by atoms with Gasteiger partial charge in [0.25, 0.3) is 5.91 Å². The first-order valence-corrected chi connectivity index (χ1v) is 7.59. The zero-order chi connectivity index (χ0) is 16.4. The van der Waals surface area contributed by atoms with Crippen LogP contribution < -0.4 is 5.73 Å². The Hall–Kier alpha value is -2.60. The molecule has 1 unspecified atom stereocenters. The number of benzene rings is 1. The van der Waals surface area contributed by atoms with Gasteiger partial charge >= 0.3 is 0 Å². The fourth-order valence-corrected chi connectivity index (χ4v) is 2.92. The predicted octanol–water partition coefficient (Wildman–Crippen LogP) is 1.87. The van der Waals surface area contributed by atoms with Gasteiger partial charge in [-0.1, -0.05) is 18.2 Å². The molecule has 0 spiro atoms. The van der Waals surface area contributed by atoms with Crippen molar-refractivity contribution in [1.29, 1.82) is 0 Å². The van der Waals surface area contributed by atoms with E-state index in [0.717, 1.165) is 13.0 Å². The van der Waals surface area contributed by atoms with Crippen molar-refractivity contribution >= 4 is 16.8 Å². The molecule has 3 N–H and O–H groups in total. The van der Waals surface area contributed by atoms with Crippen LogP contribution in [0.1, 0.15) is 28.6 Å². The number of aliphatic hydroxyl groups is 1. The number of imidazole rings is 1. The minimum atomic E-state index is -0.562. The van der Waals surface area contributed by atoms with E-state index in [2.05, 4.69) is 34.7 Å². The number of para-hydroxylation sites is 1. The molecule has 3 rings (SSSR count). The van der Waals surface area contributed by atoms with Gasteiger partial charge in [0.05, 0.1) is 19.0 Å². The molecule has 120 valence electrons. The van der Waals surface area contributed by atoms with E-state index in [1.54, 1.807) is 17.1 Å².